The van der Waals surface area contributed by atoms with Crippen LogP contribution in [-0.2, 0) is 11.2 Å². The first-order valence-corrected chi connectivity index (χ1v) is 8.50. The summed E-state index contributed by atoms with van der Waals surface area (Å²) in [4.78, 5) is 12.4. The number of hydrogen-bond acceptors (Lipinski definition) is 5. The van der Waals surface area contributed by atoms with E-state index < -0.39 is 5.91 Å². The molecule has 2 rings (SSSR count). The molecule has 0 aliphatic heterocycles. The largest absolute Gasteiger partial charge is 0.497 e. The van der Waals surface area contributed by atoms with Gasteiger partial charge in [-0.2, -0.15) is 5.26 Å². The highest BCUT2D eigenvalue weighted by atomic mass is 16.5. The van der Waals surface area contributed by atoms with Crippen LogP contribution in [0, 0.1) is 18.3 Å². The van der Waals surface area contributed by atoms with E-state index in [2.05, 4.69) is 10.6 Å². The second-order valence-electron chi connectivity index (χ2n) is 5.88. The lowest BCUT2D eigenvalue weighted by molar-refractivity contribution is -0.112. The van der Waals surface area contributed by atoms with Crippen LogP contribution in [0.5, 0.6) is 11.5 Å². The molecule has 0 spiro atoms. The van der Waals surface area contributed by atoms with Gasteiger partial charge in [0.15, 0.2) is 0 Å². The molecule has 6 heteroatoms. The SMILES string of the molecule is COc1cccc(CCN/C=C(/C#N)C(=O)Nc2cc(C)ccc2OC)c1. The first-order chi connectivity index (χ1) is 13.1. The van der Waals surface area contributed by atoms with E-state index in [9.17, 15) is 10.1 Å². The van der Waals surface area contributed by atoms with Crippen molar-refractivity contribution in [1.82, 2.24) is 5.32 Å². The predicted molar refractivity (Wildman–Crippen MR) is 105 cm³/mol. The summed E-state index contributed by atoms with van der Waals surface area (Å²) in [5.41, 5.74) is 2.59. The van der Waals surface area contributed by atoms with Crippen LogP contribution in [0.4, 0.5) is 5.69 Å². The van der Waals surface area contributed by atoms with E-state index >= 15 is 0 Å². The molecule has 2 aromatic carbocycles. The van der Waals surface area contributed by atoms with Gasteiger partial charge >= 0.3 is 0 Å². The number of methoxy groups -OCH3 is 2. The number of amides is 1. The molecule has 2 aromatic rings. The van der Waals surface area contributed by atoms with Gasteiger partial charge in [0.2, 0.25) is 0 Å². The molecule has 27 heavy (non-hydrogen) atoms. The fourth-order valence-corrected chi connectivity index (χ4v) is 2.48. The Hall–Kier alpha value is -3.46. The van der Waals surface area contributed by atoms with E-state index in [1.165, 1.54) is 13.3 Å². The molecule has 0 aliphatic rings. The molecule has 0 atom stereocenters. The number of benzene rings is 2. The number of rotatable bonds is 8. The van der Waals surface area contributed by atoms with Crippen LogP contribution in [0.15, 0.2) is 54.2 Å². The lowest BCUT2D eigenvalue weighted by Gasteiger charge is -2.10. The topological polar surface area (TPSA) is 83.4 Å². The lowest BCUT2D eigenvalue weighted by Crippen LogP contribution is -2.18. The molecule has 2 N–H and O–H groups in total. The van der Waals surface area contributed by atoms with Crippen LogP contribution in [0.2, 0.25) is 0 Å². The fraction of sp³-hybridized carbons (Fsp3) is 0.238. The zero-order chi connectivity index (χ0) is 19.6. The number of aryl methyl sites for hydroxylation is 1. The first kappa shape index (κ1) is 19.9. The third-order valence-electron chi connectivity index (χ3n) is 3.91. The molecule has 0 saturated heterocycles. The monoisotopic (exact) mass is 365 g/mol. The summed E-state index contributed by atoms with van der Waals surface area (Å²) < 4.78 is 10.4. The second-order valence-corrected chi connectivity index (χ2v) is 5.88. The summed E-state index contributed by atoms with van der Waals surface area (Å²) in [6, 6.07) is 15.1. The molecule has 140 valence electrons. The summed E-state index contributed by atoms with van der Waals surface area (Å²) >= 11 is 0. The number of nitrogens with one attached hydrogen (secondary N) is 2. The fourth-order valence-electron chi connectivity index (χ4n) is 2.48. The van der Waals surface area contributed by atoms with Crippen molar-refractivity contribution in [3.8, 4) is 17.6 Å². The highest BCUT2D eigenvalue weighted by Gasteiger charge is 2.12. The van der Waals surface area contributed by atoms with Crippen molar-refractivity contribution in [1.29, 1.82) is 5.26 Å². The van der Waals surface area contributed by atoms with E-state index in [1.807, 2.05) is 43.3 Å². The Labute approximate surface area is 159 Å². The van der Waals surface area contributed by atoms with Gasteiger partial charge < -0.3 is 20.1 Å². The summed E-state index contributed by atoms with van der Waals surface area (Å²) in [5, 5.41) is 15.0. The number of ether oxygens (including phenoxy) is 2. The van der Waals surface area contributed by atoms with Gasteiger partial charge in [-0.05, 0) is 48.7 Å². The van der Waals surface area contributed by atoms with Crippen LogP contribution in [-0.4, -0.2) is 26.7 Å². The molecule has 0 fully saturated rings. The Bertz CT molecular complexity index is 869. The van der Waals surface area contributed by atoms with Crippen molar-refractivity contribution in [3.05, 3.63) is 65.4 Å². The highest BCUT2D eigenvalue weighted by molar-refractivity contribution is 6.07. The van der Waals surface area contributed by atoms with Crippen molar-refractivity contribution in [2.45, 2.75) is 13.3 Å². The summed E-state index contributed by atoms with van der Waals surface area (Å²) in [5.74, 6) is 0.847. The first-order valence-electron chi connectivity index (χ1n) is 8.50. The Morgan fingerprint density at radius 1 is 1.19 bits per heavy atom. The number of hydrogen-bond donors (Lipinski definition) is 2. The second kappa shape index (κ2) is 9.88. The normalized spacial score (nSPS) is 10.7. The smallest absolute Gasteiger partial charge is 0.267 e. The summed E-state index contributed by atoms with van der Waals surface area (Å²) in [6.45, 7) is 2.50. The van der Waals surface area contributed by atoms with Gasteiger partial charge in [0.1, 0.15) is 23.1 Å². The quantitative estimate of drug-likeness (QED) is 0.426. The number of nitrogens with zero attached hydrogens (tertiary/aromatic N) is 1. The highest BCUT2D eigenvalue weighted by Crippen LogP contribution is 2.25. The maximum Gasteiger partial charge on any atom is 0.267 e. The van der Waals surface area contributed by atoms with Crippen LogP contribution >= 0.6 is 0 Å². The third kappa shape index (κ3) is 5.79. The van der Waals surface area contributed by atoms with Crippen LogP contribution < -0.4 is 20.1 Å². The molecule has 0 unspecified atom stereocenters. The van der Waals surface area contributed by atoms with Crippen LogP contribution in [0.25, 0.3) is 0 Å². The van der Waals surface area contributed by atoms with Gasteiger partial charge in [0.05, 0.1) is 19.9 Å². The standard InChI is InChI=1S/C21H23N3O3/c1-15-7-8-20(27-3)19(11-15)24-21(25)17(13-22)14-23-10-9-16-5-4-6-18(12-16)26-2/h4-8,11-12,14,23H,9-10H2,1-3H3,(H,24,25)/b17-14-. The molecular formula is C21H23N3O3. The average molecular weight is 365 g/mol. The number of nitriles is 1. The minimum atomic E-state index is -0.490. The Morgan fingerprint density at radius 2 is 2.00 bits per heavy atom. The Balaban J connectivity index is 1.96. The maximum absolute atomic E-state index is 12.4. The molecule has 1 amide bonds. The van der Waals surface area contributed by atoms with E-state index in [4.69, 9.17) is 9.47 Å². The van der Waals surface area contributed by atoms with E-state index in [-0.39, 0.29) is 5.57 Å². The van der Waals surface area contributed by atoms with Crippen molar-refractivity contribution in [3.63, 3.8) is 0 Å². The van der Waals surface area contributed by atoms with Crippen molar-refractivity contribution in [2.75, 3.05) is 26.1 Å². The Kier molecular flexibility index (Phi) is 7.26. The Morgan fingerprint density at radius 3 is 2.70 bits per heavy atom. The van der Waals surface area contributed by atoms with Gasteiger partial charge in [0.25, 0.3) is 5.91 Å². The van der Waals surface area contributed by atoms with Gasteiger partial charge in [0, 0.05) is 12.7 Å². The van der Waals surface area contributed by atoms with E-state index in [0.717, 1.165) is 23.3 Å². The zero-order valence-corrected chi connectivity index (χ0v) is 15.7. The molecular weight excluding hydrogens is 342 g/mol. The summed E-state index contributed by atoms with van der Waals surface area (Å²) in [6.07, 6.45) is 2.16. The lowest BCUT2D eigenvalue weighted by atomic mass is 10.1. The van der Waals surface area contributed by atoms with Crippen molar-refractivity contribution >= 4 is 11.6 Å². The molecule has 0 heterocycles. The molecule has 0 radical (unpaired) electrons. The predicted octanol–water partition coefficient (Wildman–Crippen LogP) is 3.19. The molecule has 0 bridgehead atoms. The number of carbonyl (C=O) groups is 1. The van der Waals surface area contributed by atoms with Gasteiger partial charge in [-0.3, -0.25) is 4.79 Å². The third-order valence-corrected chi connectivity index (χ3v) is 3.91. The van der Waals surface area contributed by atoms with E-state index in [0.29, 0.717) is 18.0 Å². The molecule has 6 nitrogen and oxygen atoms in total. The molecule has 0 saturated carbocycles. The van der Waals surface area contributed by atoms with E-state index in [1.54, 1.807) is 19.2 Å². The van der Waals surface area contributed by atoms with Crippen LogP contribution in [0.3, 0.4) is 0 Å². The van der Waals surface area contributed by atoms with Crippen LogP contribution in [0.1, 0.15) is 11.1 Å². The average Bonchev–Trinajstić information content (AvgIpc) is 2.68. The number of anilines is 1. The van der Waals surface area contributed by atoms with Gasteiger partial charge in [-0.1, -0.05) is 18.2 Å². The number of carbonyl (C=O) groups excluding carboxylic acids is 1. The van der Waals surface area contributed by atoms with Gasteiger partial charge in [-0.25, -0.2) is 0 Å². The summed E-state index contributed by atoms with van der Waals surface area (Å²) in [7, 11) is 3.16. The molecule has 0 aromatic heterocycles. The van der Waals surface area contributed by atoms with Crippen molar-refractivity contribution < 1.29 is 14.3 Å². The maximum atomic E-state index is 12.4. The van der Waals surface area contributed by atoms with Gasteiger partial charge in [-0.15, -0.1) is 0 Å². The minimum Gasteiger partial charge on any atom is -0.497 e. The minimum absolute atomic E-state index is 0.01000. The molecule has 0 aliphatic carbocycles. The zero-order valence-electron chi connectivity index (χ0n) is 15.7. The van der Waals surface area contributed by atoms with Crippen molar-refractivity contribution in [2.24, 2.45) is 0 Å².